The SMILES string of the molecule is Nc1ccc(Cn2cnc(-c3nc(-c4ccc(Br)cc4)no3)c2)cc1. The van der Waals surface area contributed by atoms with Gasteiger partial charge in [-0.15, -0.1) is 0 Å². The Balaban J connectivity index is 1.54. The second-order valence-electron chi connectivity index (χ2n) is 5.60. The Hall–Kier alpha value is -2.93. The number of imidazole rings is 1. The van der Waals surface area contributed by atoms with E-state index < -0.39 is 0 Å². The molecular formula is C18H14BrN5O. The molecule has 0 radical (unpaired) electrons. The number of nitrogen functional groups attached to an aromatic ring is 1. The molecule has 0 spiro atoms. The third-order valence-corrected chi connectivity index (χ3v) is 4.25. The summed E-state index contributed by atoms with van der Waals surface area (Å²) in [4.78, 5) is 8.78. The number of benzene rings is 2. The second kappa shape index (κ2) is 6.52. The van der Waals surface area contributed by atoms with Crippen molar-refractivity contribution in [1.82, 2.24) is 19.7 Å². The van der Waals surface area contributed by atoms with E-state index in [0.717, 1.165) is 21.3 Å². The van der Waals surface area contributed by atoms with Gasteiger partial charge in [0.05, 0.1) is 6.33 Å². The number of rotatable bonds is 4. The van der Waals surface area contributed by atoms with Crippen molar-refractivity contribution in [2.24, 2.45) is 0 Å². The zero-order valence-corrected chi connectivity index (χ0v) is 14.7. The molecule has 0 aliphatic rings. The van der Waals surface area contributed by atoms with Crippen molar-refractivity contribution >= 4 is 21.6 Å². The first kappa shape index (κ1) is 15.6. The molecule has 0 unspecified atom stereocenters. The highest BCUT2D eigenvalue weighted by molar-refractivity contribution is 9.10. The highest BCUT2D eigenvalue weighted by Gasteiger charge is 2.13. The molecule has 25 heavy (non-hydrogen) atoms. The summed E-state index contributed by atoms with van der Waals surface area (Å²) in [6, 6.07) is 15.5. The number of nitrogens with two attached hydrogens (primary N) is 1. The summed E-state index contributed by atoms with van der Waals surface area (Å²) >= 11 is 3.41. The van der Waals surface area contributed by atoms with Crippen LogP contribution in [0.3, 0.4) is 0 Å². The molecule has 2 aromatic carbocycles. The third-order valence-electron chi connectivity index (χ3n) is 3.73. The van der Waals surface area contributed by atoms with E-state index in [-0.39, 0.29) is 0 Å². The number of hydrogen-bond acceptors (Lipinski definition) is 5. The van der Waals surface area contributed by atoms with Crippen LogP contribution in [0.5, 0.6) is 0 Å². The molecule has 4 aromatic rings. The highest BCUT2D eigenvalue weighted by Crippen LogP contribution is 2.22. The minimum atomic E-state index is 0.397. The summed E-state index contributed by atoms with van der Waals surface area (Å²) in [6.45, 7) is 0.695. The minimum absolute atomic E-state index is 0.397. The standard InChI is InChI=1S/C18H14BrN5O/c19-14-5-3-13(4-6-14)17-22-18(25-23-17)16-10-24(11-21-16)9-12-1-7-15(20)8-2-12/h1-8,10-11H,9,20H2. The molecule has 6 nitrogen and oxygen atoms in total. The lowest BCUT2D eigenvalue weighted by Gasteiger charge is -2.02. The lowest BCUT2D eigenvalue weighted by atomic mass is 10.2. The first-order valence-electron chi connectivity index (χ1n) is 7.63. The highest BCUT2D eigenvalue weighted by atomic mass is 79.9. The van der Waals surface area contributed by atoms with Gasteiger partial charge in [0.2, 0.25) is 5.82 Å². The Labute approximate surface area is 152 Å². The van der Waals surface area contributed by atoms with E-state index in [4.69, 9.17) is 10.3 Å². The number of nitrogens with zero attached hydrogens (tertiary/aromatic N) is 4. The lowest BCUT2D eigenvalue weighted by Crippen LogP contribution is -1.96. The zero-order chi connectivity index (χ0) is 17.2. The van der Waals surface area contributed by atoms with Crippen LogP contribution in [-0.4, -0.2) is 19.7 Å². The Morgan fingerprint density at radius 1 is 1.04 bits per heavy atom. The maximum Gasteiger partial charge on any atom is 0.278 e. The maximum atomic E-state index is 5.71. The number of anilines is 1. The van der Waals surface area contributed by atoms with E-state index in [1.165, 1.54) is 0 Å². The van der Waals surface area contributed by atoms with Crippen LogP contribution in [0, 0.1) is 0 Å². The van der Waals surface area contributed by atoms with Gasteiger partial charge in [0.25, 0.3) is 5.89 Å². The van der Waals surface area contributed by atoms with E-state index in [1.54, 1.807) is 6.33 Å². The second-order valence-corrected chi connectivity index (χ2v) is 6.52. The molecule has 0 aliphatic carbocycles. The van der Waals surface area contributed by atoms with Crippen LogP contribution >= 0.6 is 15.9 Å². The van der Waals surface area contributed by atoms with Crippen molar-refractivity contribution in [3.63, 3.8) is 0 Å². The van der Waals surface area contributed by atoms with Gasteiger partial charge in [-0.2, -0.15) is 4.98 Å². The van der Waals surface area contributed by atoms with Crippen LogP contribution in [0.25, 0.3) is 23.0 Å². The van der Waals surface area contributed by atoms with Crippen LogP contribution in [0.1, 0.15) is 5.56 Å². The summed E-state index contributed by atoms with van der Waals surface area (Å²) in [5, 5.41) is 4.03. The van der Waals surface area contributed by atoms with Gasteiger partial charge in [-0.05, 0) is 42.0 Å². The van der Waals surface area contributed by atoms with Crippen molar-refractivity contribution in [3.05, 3.63) is 71.1 Å². The van der Waals surface area contributed by atoms with Gasteiger partial charge >= 0.3 is 0 Å². The summed E-state index contributed by atoms with van der Waals surface area (Å²) in [5.41, 5.74) is 9.13. The smallest absolute Gasteiger partial charge is 0.278 e. The Morgan fingerprint density at radius 2 is 1.80 bits per heavy atom. The molecule has 0 saturated heterocycles. The molecule has 0 bridgehead atoms. The van der Waals surface area contributed by atoms with Crippen LogP contribution in [0.4, 0.5) is 5.69 Å². The summed E-state index contributed by atoms with van der Waals surface area (Å²) in [6.07, 6.45) is 3.63. The quantitative estimate of drug-likeness (QED) is 0.528. The molecule has 0 amide bonds. The van der Waals surface area contributed by atoms with Gasteiger partial charge in [-0.3, -0.25) is 0 Å². The van der Waals surface area contributed by atoms with Crippen molar-refractivity contribution < 1.29 is 4.52 Å². The van der Waals surface area contributed by atoms with E-state index in [9.17, 15) is 0 Å². The van der Waals surface area contributed by atoms with Crippen molar-refractivity contribution in [1.29, 1.82) is 0 Å². The average Bonchev–Trinajstić information content (AvgIpc) is 3.27. The van der Waals surface area contributed by atoms with Crippen LogP contribution in [0.15, 0.2) is 70.1 Å². The molecule has 124 valence electrons. The van der Waals surface area contributed by atoms with Gasteiger partial charge in [0.1, 0.15) is 5.69 Å². The Kier molecular flexibility index (Phi) is 4.07. The first-order chi connectivity index (χ1) is 12.2. The van der Waals surface area contributed by atoms with Gasteiger partial charge in [0, 0.05) is 28.5 Å². The normalized spacial score (nSPS) is 10.9. The summed E-state index contributed by atoms with van der Waals surface area (Å²) in [7, 11) is 0. The molecule has 2 aromatic heterocycles. The van der Waals surface area contributed by atoms with E-state index in [1.807, 2.05) is 59.3 Å². The van der Waals surface area contributed by atoms with Gasteiger partial charge in [0.15, 0.2) is 0 Å². The predicted octanol–water partition coefficient (Wildman–Crippen LogP) is 3.99. The van der Waals surface area contributed by atoms with Crippen LogP contribution in [0.2, 0.25) is 0 Å². The summed E-state index contributed by atoms with van der Waals surface area (Å²) in [5.74, 6) is 0.935. The number of halogens is 1. The van der Waals surface area contributed by atoms with E-state index in [0.29, 0.717) is 24.0 Å². The molecule has 0 atom stereocenters. The van der Waals surface area contributed by atoms with Crippen LogP contribution in [-0.2, 0) is 6.54 Å². The largest absolute Gasteiger partial charge is 0.399 e. The zero-order valence-electron chi connectivity index (χ0n) is 13.1. The molecule has 0 fully saturated rings. The Bertz CT molecular complexity index is 989. The molecule has 2 N–H and O–H groups in total. The fourth-order valence-electron chi connectivity index (χ4n) is 2.43. The predicted molar refractivity (Wildman–Crippen MR) is 98.6 cm³/mol. The lowest BCUT2D eigenvalue weighted by molar-refractivity contribution is 0.431. The average molecular weight is 396 g/mol. The van der Waals surface area contributed by atoms with Gasteiger partial charge < -0.3 is 14.8 Å². The molecular weight excluding hydrogens is 382 g/mol. The monoisotopic (exact) mass is 395 g/mol. The molecule has 0 saturated carbocycles. The number of hydrogen-bond donors (Lipinski definition) is 1. The first-order valence-corrected chi connectivity index (χ1v) is 8.43. The third kappa shape index (κ3) is 3.46. The number of aromatic nitrogens is 4. The molecule has 0 aliphatic heterocycles. The molecule has 2 heterocycles. The molecule has 7 heteroatoms. The molecule has 4 rings (SSSR count). The van der Waals surface area contributed by atoms with Crippen molar-refractivity contribution in [2.45, 2.75) is 6.54 Å². The summed E-state index contributed by atoms with van der Waals surface area (Å²) < 4.78 is 8.31. The van der Waals surface area contributed by atoms with E-state index in [2.05, 4.69) is 31.1 Å². The topological polar surface area (TPSA) is 82.8 Å². The fraction of sp³-hybridized carbons (Fsp3) is 0.0556. The minimum Gasteiger partial charge on any atom is -0.399 e. The van der Waals surface area contributed by atoms with Gasteiger partial charge in [-0.25, -0.2) is 4.98 Å². The van der Waals surface area contributed by atoms with Crippen molar-refractivity contribution in [2.75, 3.05) is 5.73 Å². The Morgan fingerprint density at radius 3 is 2.56 bits per heavy atom. The maximum absolute atomic E-state index is 5.71. The van der Waals surface area contributed by atoms with E-state index >= 15 is 0 Å². The van der Waals surface area contributed by atoms with Crippen molar-refractivity contribution in [3.8, 4) is 23.0 Å². The fourth-order valence-corrected chi connectivity index (χ4v) is 2.70. The van der Waals surface area contributed by atoms with Gasteiger partial charge in [-0.1, -0.05) is 33.2 Å². The van der Waals surface area contributed by atoms with Crippen LogP contribution < -0.4 is 5.73 Å².